The maximum atomic E-state index is 13.0. The van der Waals surface area contributed by atoms with Crippen molar-refractivity contribution in [3.8, 4) is 11.5 Å². The number of hydrogen-bond acceptors (Lipinski definition) is 3. The van der Waals surface area contributed by atoms with Crippen LogP contribution in [0.25, 0.3) is 0 Å². The van der Waals surface area contributed by atoms with Gasteiger partial charge in [-0.15, -0.1) is 0 Å². The van der Waals surface area contributed by atoms with Gasteiger partial charge in [-0.05, 0) is 53.6 Å². The van der Waals surface area contributed by atoms with E-state index in [1.165, 1.54) is 17.7 Å². The maximum absolute atomic E-state index is 13.0. The summed E-state index contributed by atoms with van der Waals surface area (Å²) in [5, 5.41) is 3.44. The zero-order valence-corrected chi connectivity index (χ0v) is 16.6. The van der Waals surface area contributed by atoms with Gasteiger partial charge in [-0.3, -0.25) is 0 Å². The Hall–Kier alpha value is -2.37. The first-order valence-corrected chi connectivity index (χ1v) is 9.42. The summed E-state index contributed by atoms with van der Waals surface area (Å²) in [6.45, 7) is 1.81. The van der Waals surface area contributed by atoms with E-state index in [0.29, 0.717) is 13.2 Å². The van der Waals surface area contributed by atoms with Crippen LogP contribution in [0.3, 0.4) is 0 Å². The van der Waals surface area contributed by atoms with Gasteiger partial charge in [0.05, 0.1) is 7.11 Å². The zero-order chi connectivity index (χ0) is 19.1. The smallest absolute Gasteiger partial charge is 0.124 e. The largest absolute Gasteiger partial charge is 0.497 e. The molecule has 0 aliphatic heterocycles. The van der Waals surface area contributed by atoms with Crippen LogP contribution in [-0.2, 0) is 19.7 Å². The standard InChI is InChI=1S/C22H21BrFNO2/c1-26-21-9-4-16(5-10-21)13-25-14-18-12-19(23)6-11-22(18)27-15-17-2-7-20(24)8-3-17/h2-12,25H,13-15H2,1H3. The Morgan fingerprint density at radius 2 is 1.59 bits per heavy atom. The number of benzene rings is 3. The molecule has 5 heteroatoms. The van der Waals surface area contributed by atoms with E-state index in [1.54, 1.807) is 19.2 Å². The number of nitrogens with one attached hydrogen (secondary N) is 1. The Kier molecular flexibility index (Phi) is 6.85. The number of ether oxygens (including phenoxy) is 2. The molecule has 140 valence electrons. The molecule has 0 amide bonds. The van der Waals surface area contributed by atoms with E-state index in [0.717, 1.165) is 33.6 Å². The fourth-order valence-corrected chi connectivity index (χ4v) is 3.06. The van der Waals surface area contributed by atoms with Crippen LogP contribution < -0.4 is 14.8 Å². The van der Waals surface area contributed by atoms with Crippen molar-refractivity contribution >= 4 is 15.9 Å². The summed E-state index contributed by atoms with van der Waals surface area (Å²) in [4.78, 5) is 0. The second kappa shape index (κ2) is 9.53. The average Bonchev–Trinajstić information content (AvgIpc) is 2.69. The van der Waals surface area contributed by atoms with E-state index < -0.39 is 0 Å². The van der Waals surface area contributed by atoms with Gasteiger partial charge in [-0.25, -0.2) is 4.39 Å². The molecule has 0 atom stereocenters. The third kappa shape index (κ3) is 5.81. The molecule has 0 radical (unpaired) electrons. The lowest BCUT2D eigenvalue weighted by Crippen LogP contribution is -2.13. The molecule has 0 heterocycles. The Morgan fingerprint density at radius 1 is 0.889 bits per heavy atom. The molecule has 0 aliphatic carbocycles. The highest BCUT2D eigenvalue weighted by Gasteiger charge is 2.06. The molecule has 1 N–H and O–H groups in total. The quantitative estimate of drug-likeness (QED) is 0.515. The van der Waals surface area contributed by atoms with Crippen molar-refractivity contribution in [1.82, 2.24) is 5.32 Å². The van der Waals surface area contributed by atoms with Crippen molar-refractivity contribution in [2.45, 2.75) is 19.7 Å². The highest BCUT2D eigenvalue weighted by Crippen LogP contribution is 2.24. The van der Waals surface area contributed by atoms with Gasteiger partial charge in [0.25, 0.3) is 0 Å². The molecule has 0 aromatic heterocycles. The van der Waals surface area contributed by atoms with Crippen LogP contribution in [-0.4, -0.2) is 7.11 Å². The Balaban J connectivity index is 1.60. The van der Waals surface area contributed by atoms with E-state index in [1.807, 2.05) is 42.5 Å². The average molecular weight is 430 g/mol. The Bertz CT molecular complexity index is 866. The van der Waals surface area contributed by atoms with Gasteiger partial charge in [0.15, 0.2) is 0 Å². The minimum absolute atomic E-state index is 0.245. The summed E-state index contributed by atoms with van der Waals surface area (Å²) in [5.74, 6) is 1.41. The number of rotatable bonds is 8. The molecule has 0 saturated heterocycles. The lowest BCUT2D eigenvalue weighted by atomic mass is 10.1. The van der Waals surface area contributed by atoms with E-state index in [-0.39, 0.29) is 5.82 Å². The van der Waals surface area contributed by atoms with Crippen molar-refractivity contribution in [1.29, 1.82) is 0 Å². The van der Waals surface area contributed by atoms with E-state index in [2.05, 4.69) is 21.2 Å². The summed E-state index contributed by atoms with van der Waals surface area (Å²) in [6, 6.07) is 20.3. The number of methoxy groups -OCH3 is 1. The van der Waals surface area contributed by atoms with Gasteiger partial charge < -0.3 is 14.8 Å². The van der Waals surface area contributed by atoms with Crippen LogP contribution in [0.15, 0.2) is 71.2 Å². The van der Waals surface area contributed by atoms with Crippen LogP contribution >= 0.6 is 15.9 Å². The van der Waals surface area contributed by atoms with Crippen LogP contribution in [0.4, 0.5) is 4.39 Å². The van der Waals surface area contributed by atoms with Crippen molar-refractivity contribution in [2.75, 3.05) is 7.11 Å². The van der Waals surface area contributed by atoms with Crippen LogP contribution in [0, 0.1) is 5.82 Å². The van der Waals surface area contributed by atoms with Crippen molar-refractivity contribution in [3.05, 3.63) is 93.7 Å². The SMILES string of the molecule is COc1ccc(CNCc2cc(Br)ccc2OCc2ccc(F)cc2)cc1. The molecule has 3 rings (SSSR count). The third-order valence-electron chi connectivity index (χ3n) is 4.13. The second-order valence-electron chi connectivity index (χ2n) is 6.12. The van der Waals surface area contributed by atoms with Crippen LogP contribution in [0.1, 0.15) is 16.7 Å². The van der Waals surface area contributed by atoms with Crippen LogP contribution in [0.5, 0.6) is 11.5 Å². The van der Waals surface area contributed by atoms with Gasteiger partial charge in [0.2, 0.25) is 0 Å². The molecule has 0 unspecified atom stereocenters. The number of hydrogen-bond donors (Lipinski definition) is 1. The fourth-order valence-electron chi connectivity index (χ4n) is 2.65. The first-order chi connectivity index (χ1) is 13.1. The molecular formula is C22H21BrFNO2. The predicted octanol–water partition coefficient (Wildman–Crippen LogP) is 5.47. The minimum Gasteiger partial charge on any atom is -0.497 e. The van der Waals surface area contributed by atoms with Crippen molar-refractivity contribution in [2.24, 2.45) is 0 Å². The highest BCUT2D eigenvalue weighted by atomic mass is 79.9. The summed E-state index contributed by atoms with van der Waals surface area (Å²) in [6.07, 6.45) is 0. The Labute approximate surface area is 167 Å². The molecule has 0 aliphatic rings. The topological polar surface area (TPSA) is 30.5 Å². The zero-order valence-electron chi connectivity index (χ0n) is 15.0. The molecule has 0 saturated carbocycles. The first-order valence-electron chi connectivity index (χ1n) is 8.63. The molecule has 27 heavy (non-hydrogen) atoms. The van der Waals surface area contributed by atoms with Crippen molar-refractivity contribution in [3.63, 3.8) is 0 Å². The first kappa shape index (κ1) is 19.4. The van der Waals surface area contributed by atoms with Gasteiger partial charge in [0, 0.05) is 23.1 Å². The molecule has 3 nitrogen and oxygen atoms in total. The molecule has 3 aromatic rings. The highest BCUT2D eigenvalue weighted by molar-refractivity contribution is 9.10. The summed E-state index contributed by atoms with van der Waals surface area (Å²) in [7, 11) is 1.66. The summed E-state index contributed by atoms with van der Waals surface area (Å²) < 4.78 is 25.1. The maximum Gasteiger partial charge on any atom is 0.124 e. The lowest BCUT2D eigenvalue weighted by molar-refractivity contribution is 0.302. The fraction of sp³-hybridized carbons (Fsp3) is 0.182. The van der Waals surface area contributed by atoms with E-state index >= 15 is 0 Å². The Morgan fingerprint density at radius 3 is 2.30 bits per heavy atom. The number of halogens is 2. The van der Waals surface area contributed by atoms with E-state index in [4.69, 9.17) is 9.47 Å². The lowest BCUT2D eigenvalue weighted by Gasteiger charge is -2.13. The van der Waals surface area contributed by atoms with Crippen LogP contribution in [0.2, 0.25) is 0 Å². The van der Waals surface area contributed by atoms with Gasteiger partial charge in [-0.2, -0.15) is 0 Å². The predicted molar refractivity (Wildman–Crippen MR) is 108 cm³/mol. The minimum atomic E-state index is -0.245. The van der Waals surface area contributed by atoms with Gasteiger partial charge in [-0.1, -0.05) is 40.2 Å². The molecule has 0 fully saturated rings. The summed E-state index contributed by atoms with van der Waals surface area (Å²) >= 11 is 3.51. The van der Waals surface area contributed by atoms with Gasteiger partial charge >= 0.3 is 0 Å². The molecule has 0 bridgehead atoms. The third-order valence-corrected chi connectivity index (χ3v) is 4.63. The second-order valence-corrected chi connectivity index (χ2v) is 7.03. The normalized spacial score (nSPS) is 10.6. The summed E-state index contributed by atoms with van der Waals surface area (Å²) in [5.41, 5.74) is 3.16. The van der Waals surface area contributed by atoms with Crippen molar-refractivity contribution < 1.29 is 13.9 Å². The van der Waals surface area contributed by atoms with E-state index in [9.17, 15) is 4.39 Å². The monoisotopic (exact) mass is 429 g/mol. The molecule has 3 aromatic carbocycles. The molecular weight excluding hydrogens is 409 g/mol. The van der Waals surface area contributed by atoms with Gasteiger partial charge in [0.1, 0.15) is 23.9 Å². The molecule has 0 spiro atoms.